The predicted octanol–water partition coefficient (Wildman–Crippen LogP) is 5.43. The number of ether oxygens (including phenoxy) is 1. The number of amides is 2. The normalized spacial score (nSPS) is 11.2. The molecule has 0 aliphatic heterocycles. The number of carbonyl (C=O) groups excluding carboxylic acids is 3. The lowest BCUT2D eigenvalue weighted by Crippen LogP contribution is -2.27. The van der Waals surface area contributed by atoms with E-state index in [-0.39, 0.29) is 17.8 Å². The summed E-state index contributed by atoms with van der Waals surface area (Å²) in [5, 5.41) is 5.82. The summed E-state index contributed by atoms with van der Waals surface area (Å²) in [6.45, 7) is 9.16. The molecule has 0 aliphatic rings. The first-order valence-electron chi connectivity index (χ1n) is 12.5. The first-order valence-corrected chi connectivity index (χ1v) is 12.5. The van der Waals surface area contributed by atoms with E-state index in [0.29, 0.717) is 32.2 Å². The van der Waals surface area contributed by atoms with Crippen molar-refractivity contribution in [3.63, 3.8) is 0 Å². The van der Waals surface area contributed by atoms with E-state index in [9.17, 15) is 14.4 Å². The average molecular weight is 441 g/mol. The van der Waals surface area contributed by atoms with Gasteiger partial charge in [-0.2, -0.15) is 0 Å². The number of esters is 1. The Bertz CT molecular complexity index is 486. The van der Waals surface area contributed by atoms with Crippen molar-refractivity contribution < 1.29 is 19.1 Å². The second-order valence-electron chi connectivity index (χ2n) is 9.43. The Hall–Kier alpha value is -1.59. The minimum absolute atomic E-state index is 0.0789. The highest BCUT2D eigenvalue weighted by Crippen LogP contribution is 2.13. The average Bonchev–Trinajstić information content (AvgIpc) is 2.68. The number of nitrogens with one attached hydrogen (secondary N) is 2. The molecule has 0 saturated carbocycles. The summed E-state index contributed by atoms with van der Waals surface area (Å²) in [6, 6.07) is 0. The molecule has 0 aromatic carbocycles. The Balaban J connectivity index is 3.38. The lowest BCUT2D eigenvalue weighted by Gasteiger charge is -2.19. The molecular formula is C25H48N2O4. The third kappa shape index (κ3) is 22.9. The third-order valence-corrected chi connectivity index (χ3v) is 4.96. The van der Waals surface area contributed by atoms with E-state index in [1.165, 1.54) is 12.8 Å². The zero-order chi connectivity index (χ0) is 23.4. The van der Waals surface area contributed by atoms with Gasteiger partial charge in [0.25, 0.3) is 0 Å². The van der Waals surface area contributed by atoms with Gasteiger partial charge >= 0.3 is 5.97 Å². The van der Waals surface area contributed by atoms with Crippen molar-refractivity contribution in [1.82, 2.24) is 10.6 Å². The van der Waals surface area contributed by atoms with Crippen LogP contribution < -0.4 is 10.6 Å². The van der Waals surface area contributed by atoms with E-state index >= 15 is 0 Å². The second-order valence-corrected chi connectivity index (χ2v) is 9.43. The molecule has 0 aromatic rings. The Morgan fingerprint density at radius 3 is 1.58 bits per heavy atom. The van der Waals surface area contributed by atoms with Gasteiger partial charge in [-0.05, 0) is 46.5 Å². The van der Waals surface area contributed by atoms with E-state index in [1.807, 2.05) is 20.8 Å². The van der Waals surface area contributed by atoms with Crippen LogP contribution in [-0.4, -0.2) is 36.5 Å². The van der Waals surface area contributed by atoms with Crippen LogP contribution in [0.5, 0.6) is 0 Å². The van der Waals surface area contributed by atoms with Crippen molar-refractivity contribution in [3.05, 3.63) is 0 Å². The van der Waals surface area contributed by atoms with Gasteiger partial charge in [0.1, 0.15) is 5.60 Å². The SMILES string of the molecule is CCCCCNC(=O)CCCNC(=O)CCCCCCCCCCC(=O)OC(C)(C)C. The van der Waals surface area contributed by atoms with Gasteiger partial charge in [0, 0.05) is 32.4 Å². The Morgan fingerprint density at radius 2 is 1.06 bits per heavy atom. The minimum atomic E-state index is -0.391. The van der Waals surface area contributed by atoms with Crippen LogP contribution in [-0.2, 0) is 19.1 Å². The van der Waals surface area contributed by atoms with Gasteiger partial charge in [-0.1, -0.05) is 58.3 Å². The highest BCUT2D eigenvalue weighted by molar-refractivity contribution is 5.77. The lowest BCUT2D eigenvalue weighted by atomic mass is 10.1. The summed E-state index contributed by atoms with van der Waals surface area (Å²) in [4.78, 5) is 35.1. The number of hydrogen-bond acceptors (Lipinski definition) is 4. The number of rotatable bonds is 19. The van der Waals surface area contributed by atoms with Crippen LogP contribution in [0.4, 0.5) is 0 Å². The summed E-state index contributed by atoms with van der Waals surface area (Å²) in [5.41, 5.74) is -0.391. The molecule has 0 saturated heterocycles. The summed E-state index contributed by atoms with van der Waals surface area (Å²) in [7, 11) is 0. The molecule has 31 heavy (non-hydrogen) atoms. The third-order valence-electron chi connectivity index (χ3n) is 4.96. The van der Waals surface area contributed by atoms with Crippen LogP contribution in [0.1, 0.15) is 124 Å². The molecule has 0 atom stereocenters. The lowest BCUT2D eigenvalue weighted by molar-refractivity contribution is -0.155. The van der Waals surface area contributed by atoms with Crippen molar-refractivity contribution in [2.45, 2.75) is 130 Å². The molecule has 6 nitrogen and oxygen atoms in total. The van der Waals surface area contributed by atoms with Crippen LogP contribution in [0, 0.1) is 0 Å². The quantitative estimate of drug-likeness (QED) is 0.207. The maximum Gasteiger partial charge on any atom is 0.306 e. The van der Waals surface area contributed by atoms with Gasteiger partial charge in [-0.3, -0.25) is 14.4 Å². The number of unbranched alkanes of at least 4 members (excludes halogenated alkanes) is 9. The van der Waals surface area contributed by atoms with E-state index < -0.39 is 5.60 Å². The Labute approximate surface area is 190 Å². The molecule has 0 spiro atoms. The molecule has 2 amide bonds. The number of hydrogen-bond donors (Lipinski definition) is 2. The minimum Gasteiger partial charge on any atom is -0.460 e. The van der Waals surface area contributed by atoms with E-state index in [2.05, 4.69) is 17.6 Å². The molecular weight excluding hydrogens is 392 g/mol. The van der Waals surface area contributed by atoms with E-state index in [4.69, 9.17) is 4.74 Å². The fourth-order valence-electron chi connectivity index (χ4n) is 3.26. The monoisotopic (exact) mass is 440 g/mol. The van der Waals surface area contributed by atoms with Gasteiger partial charge < -0.3 is 15.4 Å². The highest BCUT2D eigenvalue weighted by atomic mass is 16.6. The zero-order valence-electron chi connectivity index (χ0n) is 20.7. The van der Waals surface area contributed by atoms with Crippen molar-refractivity contribution in [2.24, 2.45) is 0 Å². The van der Waals surface area contributed by atoms with Crippen LogP contribution in [0.25, 0.3) is 0 Å². The molecule has 6 heteroatoms. The molecule has 0 aromatic heterocycles. The number of carbonyl (C=O) groups is 3. The fourth-order valence-corrected chi connectivity index (χ4v) is 3.26. The molecule has 2 N–H and O–H groups in total. The first kappa shape index (κ1) is 29.4. The molecule has 0 radical (unpaired) electrons. The topological polar surface area (TPSA) is 84.5 Å². The zero-order valence-corrected chi connectivity index (χ0v) is 20.7. The smallest absolute Gasteiger partial charge is 0.306 e. The molecule has 0 fully saturated rings. The Morgan fingerprint density at radius 1 is 0.613 bits per heavy atom. The highest BCUT2D eigenvalue weighted by Gasteiger charge is 2.15. The second kappa shape index (κ2) is 19.1. The molecule has 0 heterocycles. The Kier molecular flexibility index (Phi) is 18.1. The van der Waals surface area contributed by atoms with Gasteiger partial charge in [-0.25, -0.2) is 0 Å². The maximum atomic E-state index is 11.8. The van der Waals surface area contributed by atoms with Crippen LogP contribution in [0.3, 0.4) is 0 Å². The van der Waals surface area contributed by atoms with Gasteiger partial charge in [0.2, 0.25) is 11.8 Å². The van der Waals surface area contributed by atoms with Crippen molar-refractivity contribution in [2.75, 3.05) is 13.1 Å². The molecule has 0 unspecified atom stereocenters. The summed E-state index contributed by atoms with van der Waals surface area (Å²) < 4.78 is 5.30. The fraction of sp³-hybridized carbons (Fsp3) is 0.880. The standard InChI is InChI=1S/C25H48N2O4/c1-5-6-15-20-26-23(29)18-16-21-27-22(28)17-13-11-9-7-8-10-12-14-19-24(30)31-25(2,3)4/h5-21H2,1-4H3,(H,26,29)(H,27,28). The van der Waals surface area contributed by atoms with E-state index in [1.54, 1.807) is 0 Å². The molecule has 0 aliphatic carbocycles. The molecule has 0 rings (SSSR count). The largest absolute Gasteiger partial charge is 0.460 e. The van der Waals surface area contributed by atoms with Crippen LogP contribution >= 0.6 is 0 Å². The van der Waals surface area contributed by atoms with Crippen molar-refractivity contribution in [1.29, 1.82) is 0 Å². The first-order chi connectivity index (χ1) is 14.7. The van der Waals surface area contributed by atoms with Gasteiger partial charge in [-0.15, -0.1) is 0 Å². The van der Waals surface area contributed by atoms with Crippen LogP contribution in [0.2, 0.25) is 0 Å². The summed E-state index contributed by atoms with van der Waals surface area (Å²) in [5.74, 6) is 0.0668. The maximum absolute atomic E-state index is 11.8. The summed E-state index contributed by atoms with van der Waals surface area (Å²) in [6.07, 6.45) is 14.2. The van der Waals surface area contributed by atoms with Crippen molar-refractivity contribution in [3.8, 4) is 0 Å². The predicted molar refractivity (Wildman–Crippen MR) is 127 cm³/mol. The van der Waals surface area contributed by atoms with E-state index in [0.717, 1.165) is 64.3 Å². The van der Waals surface area contributed by atoms with Crippen LogP contribution in [0.15, 0.2) is 0 Å². The van der Waals surface area contributed by atoms with Gasteiger partial charge in [0.15, 0.2) is 0 Å². The van der Waals surface area contributed by atoms with Crippen molar-refractivity contribution >= 4 is 17.8 Å². The molecule has 0 bridgehead atoms. The molecule has 182 valence electrons. The van der Waals surface area contributed by atoms with Gasteiger partial charge in [0.05, 0.1) is 0 Å². The summed E-state index contributed by atoms with van der Waals surface area (Å²) >= 11 is 0.